The molecule has 1 aromatic carbocycles. The van der Waals surface area contributed by atoms with Gasteiger partial charge in [-0.15, -0.1) is 5.10 Å². The Labute approximate surface area is 140 Å². The average Bonchev–Trinajstić information content (AvgIpc) is 3.06. The molecule has 3 rings (SSSR count). The fraction of sp³-hybridized carbons (Fsp3) is 0.353. The van der Waals surface area contributed by atoms with Gasteiger partial charge in [0.15, 0.2) is 0 Å². The van der Waals surface area contributed by atoms with Crippen molar-refractivity contribution in [3.05, 3.63) is 48.3 Å². The second-order valence-electron chi connectivity index (χ2n) is 5.60. The molecular formula is C17H21N5O2. The van der Waals surface area contributed by atoms with Gasteiger partial charge < -0.3 is 14.5 Å². The lowest BCUT2D eigenvalue weighted by Gasteiger charge is -2.34. The van der Waals surface area contributed by atoms with Gasteiger partial charge in [-0.3, -0.25) is 9.89 Å². The van der Waals surface area contributed by atoms with Crippen molar-refractivity contribution in [2.24, 2.45) is 0 Å². The lowest BCUT2D eigenvalue weighted by atomic mass is 10.1. The van der Waals surface area contributed by atoms with E-state index < -0.39 is 0 Å². The molecule has 0 spiro atoms. The zero-order valence-electron chi connectivity index (χ0n) is 13.7. The zero-order chi connectivity index (χ0) is 16.9. The van der Waals surface area contributed by atoms with Gasteiger partial charge in [0.25, 0.3) is 5.91 Å². The molecular weight excluding hydrogens is 306 g/mol. The molecule has 7 heteroatoms. The molecule has 0 radical (unpaired) electrons. The van der Waals surface area contributed by atoms with Crippen molar-refractivity contribution in [3.63, 3.8) is 0 Å². The van der Waals surface area contributed by atoms with E-state index in [1.807, 2.05) is 30.0 Å². The quantitative estimate of drug-likeness (QED) is 0.845. The van der Waals surface area contributed by atoms with Crippen molar-refractivity contribution < 1.29 is 9.53 Å². The number of amides is 1. The number of nitrogens with zero attached hydrogens (tertiary/aromatic N) is 4. The minimum Gasteiger partial charge on any atom is -0.489 e. The summed E-state index contributed by atoms with van der Waals surface area (Å²) in [6.07, 6.45) is 1.67. The number of carbonyl (C=O) groups is 1. The van der Waals surface area contributed by atoms with E-state index in [1.54, 1.807) is 12.1 Å². The van der Waals surface area contributed by atoms with Crippen LogP contribution in [0.25, 0.3) is 0 Å². The van der Waals surface area contributed by atoms with Crippen molar-refractivity contribution in [1.82, 2.24) is 20.1 Å². The molecule has 126 valence electrons. The van der Waals surface area contributed by atoms with E-state index in [0.717, 1.165) is 5.82 Å². The van der Waals surface area contributed by atoms with Crippen molar-refractivity contribution in [2.45, 2.75) is 6.92 Å². The molecule has 0 saturated carbocycles. The number of hydrogen-bond acceptors (Lipinski definition) is 5. The topological polar surface area (TPSA) is 74.3 Å². The summed E-state index contributed by atoms with van der Waals surface area (Å²) in [7, 11) is 0. The predicted molar refractivity (Wildman–Crippen MR) is 91.4 cm³/mol. The molecule has 1 amide bonds. The number of aromatic nitrogens is 3. The number of para-hydroxylation sites is 1. The number of rotatable bonds is 5. The summed E-state index contributed by atoms with van der Waals surface area (Å²) in [6.45, 7) is 8.56. The molecule has 1 aliphatic heterocycles. The number of aryl methyl sites for hydroxylation is 1. The SMILES string of the molecule is C=CCOc1ccccc1C(=O)N1CCN(c2n[nH]c(C)n2)CC1. The molecule has 0 bridgehead atoms. The highest BCUT2D eigenvalue weighted by Crippen LogP contribution is 2.21. The molecule has 1 N–H and O–H groups in total. The van der Waals surface area contributed by atoms with Crippen molar-refractivity contribution in [2.75, 3.05) is 37.7 Å². The van der Waals surface area contributed by atoms with Crippen LogP contribution in [0.15, 0.2) is 36.9 Å². The highest BCUT2D eigenvalue weighted by molar-refractivity contribution is 5.97. The van der Waals surface area contributed by atoms with E-state index in [1.165, 1.54) is 0 Å². The first-order valence-electron chi connectivity index (χ1n) is 7.95. The second kappa shape index (κ2) is 7.16. The maximum atomic E-state index is 12.8. The molecule has 2 aromatic rings. The molecule has 24 heavy (non-hydrogen) atoms. The summed E-state index contributed by atoms with van der Waals surface area (Å²) in [6, 6.07) is 7.31. The summed E-state index contributed by atoms with van der Waals surface area (Å²) in [5.74, 6) is 2.06. The zero-order valence-corrected chi connectivity index (χ0v) is 13.7. The fourth-order valence-corrected chi connectivity index (χ4v) is 2.67. The number of hydrogen-bond donors (Lipinski definition) is 1. The number of H-pyrrole nitrogens is 1. The third-order valence-electron chi connectivity index (χ3n) is 3.91. The maximum absolute atomic E-state index is 12.8. The van der Waals surface area contributed by atoms with Gasteiger partial charge in [-0.25, -0.2) is 0 Å². The summed E-state index contributed by atoms with van der Waals surface area (Å²) in [5.41, 5.74) is 0.585. The van der Waals surface area contributed by atoms with Gasteiger partial charge in [-0.05, 0) is 19.1 Å². The Kier molecular flexibility index (Phi) is 4.79. The molecule has 1 aromatic heterocycles. The Morgan fingerprint density at radius 1 is 1.33 bits per heavy atom. The molecule has 0 atom stereocenters. The number of nitrogens with one attached hydrogen (secondary N) is 1. The van der Waals surface area contributed by atoms with Gasteiger partial charge in [-0.2, -0.15) is 4.98 Å². The van der Waals surface area contributed by atoms with Gasteiger partial charge >= 0.3 is 0 Å². The summed E-state index contributed by atoms with van der Waals surface area (Å²) < 4.78 is 5.59. The van der Waals surface area contributed by atoms with Crippen molar-refractivity contribution >= 4 is 11.9 Å². The van der Waals surface area contributed by atoms with Gasteiger partial charge in [0.05, 0.1) is 5.56 Å². The standard InChI is InChI=1S/C17H21N5O2/c1-3-12-24-15-7-5-4-6-14(15)16(23)21-8-10-22(11-9-21)17-18-13(2)19-20-17/h3-7H,1,8-12H2,2H3,(H,18,19,20). The molecule has 1 fully saturated rings. The van der Waals surface area contributed by atoms with Crippen LogP contribution in [-0.2, 0) is 0 Å². The summed E-state index contributed by atoms with van der Waals surface area (Å²) in [4.78, 5) is 21.0. The predicted octanol–water partition coefficient (Wildman–Crippen LogP) is 1.64. The fourth-order valence-electron chi connectivity index (χ4n) is 2.67. The highest BCUT2D eigenvalue weighted by Gasteiger charge is 2.25. The maximum Gasteiger partial charge on any atom is 0.257 e. The smallest absolute Gasteiger partial charge is 0.257 e. The Bertz CT molecular complexity index is 719. The minimum atomic E-state index is -0.0134. The van der Waals surface area contributed by atoms with E-state index in [0.29, 0.717) is 50.0 Å². The van der Waals surface area contributed by atoms with Crippen LogP contribution in [0.5, 0.6) is 5.75 Å². The number of aromatic amines is 1. The lowest BCUT2D eigenvalue weighted by molar-refractivity contribution is 0.0742. The number of anilines is 1. The third-order valence-corrected chi connectivity index (χ3v) is 3.91. The number of ether oxygens (including phenoxy) is 1. The Hall–Kier alpha value is -2.83. The molecule has 0 unspecified atom stereocenters. The number of piperazine rings is 1. The Balaban J connectivity index is 1.66. The van der Waals surface area contributed by atoms with Crippen molar-refractivity contribution in [1.29, 1.82) is 0 Å². The van der Waals surface area contributed by atoms with Crippen LogP contribution in [0, 0.1) is 6.92 Å². The Morgan fingerprint density at radius 3 is 2.75 bits per heavy atom. The van der Waals surface area contributed by atoms with Gasteiger partial charge in [0.1, 0.15) is 18.2 Å². The third kappa shape index (κ3) is 3.40. The minimum absolute atomic E-state index is 0.0134. The van der Waals surface area contributed by atoms with Crippen LogP contribution in [0.3, 0.4) is 0 Å². The van der Waals surface area contributed by atoms with Crippen molar-refractivity contribution in [3.8, 4) is 5.75 Å². The van der Waals surface area contributed by atoms with Crippen LogP contribution in [0.2, 0.25) is 0 Å². The van der Waals surface area contributed by atoms with Gasteiger partial charge in [-0.1, -0.05) is 24.8 Å². The van der Waals surface area contributed by atoms with E-state index in [-0.39, 0.29) is 5.91 Å². The molecule has 7 nitrogen and oxygen atoms in total. The van der Waals surface area contributed by atoms with Crippen LogP contribution in [0.4, 0.5) is 5.95 Å². The molecule has 1 aliphatic rings. The van der Waals surface area contributed by atoms with Crippen LogP contribution in [0.1, 0.15) is 16.2 Å². The van der Waals surface area contributed by atoms with E-state index in [9.17, 15) is 4.79 Å². The normalized spacial score (nSPS) is 14.5. The van der Waals surface area contributed by atoms with Crippen LogP contribution in [-0.4, -0.2) is 58.8 Å². The van der Waals surface area contributed by atoms with Crippen LogP contribution < -0.4 is 9.64 Å². The number of carbonyl (C=O) groups excluding carboxylic acids is 1. The highest BCUT2D eigenvalue weighted by atomic mass is 16.5. The van der Waals surface area contributed by atoms with E-state index in [4.69, 9.17) is 4.74 Å². The molecule has 1 saturated heterocycles. The first kappa shape index (κ1) is 16.0. The van der Waals surface area contributed by atoms with E-state index in [2.05, 4.69) is 26.7 Å². The second-order valence-corrected chi connectivity index (χ2v) is 5.60. The summed E-state index contributed by atoms with van der Waals surface area (Å²) >= 11 is 0. The van der Waals surface area contributed by atoms with Crippen LogP contribution >= 0.6 is 0 Å². The summed E-state index contributed by atoms with van der Waals surface area (Å²) in [5, 5.41) is 7.02. The first-order chi connectivity index (χ1) is 11.7. The largest absolute Gasteiger partial charge is 0.489 e. The molecule has 2 heterocycles. The van der Waals surface area contributed by atoms with E-state index >= 15 is 0 Å². The lowest BCUT2D eigenvalue weighted by Crippen LogP contribution is -2.49. The Morgan fingerprint density at radius 2 is 2.08 bits per heavy atom. The number of benzene rings is 1. The first-order valence-corrected chi connectivity index (χ1v) is 7.95. The molecule has 0 aliphatic carbocycles. The van der Waals surface area contributed by atoms with Gasteiger partial charge in [0.2, 0.25) is 5.95 Å². The average molecular weight is 327 g/mol. The van der Waals surface area contributed by atoms with Gasteiger partial charge in [0, 0.05) is 26.2 Å². The monoisotopic (exact) mass is 327 g/mol.